The van der Waals surface area contributed by atoms with Crippen molar-refractivity contribution in [2.45, 2.75) is 24.6 Å². The van der Waals surface area contributed by atoms with Gasteiger partial charge < -0.3 is 15.2 Å². The van der Waals surface area contributed by atoms with Gasteiger partial charge in [0.2, 0.25) is 0 Å². The van der Waals surface area contributed by atoms with Gasteiger partial charge in [-0.2, -0.15) is 13.2 Å². The lowest BCUT2D eigenvalue weighted by molar-refractivity contribution is -0.139. The van der Waals surface area contributed by atoms with E-state index in [1.807, 2.05) is 0 Å². The molecule has 2 N–H and O–H groups in total. The first-order valence-corrected chi connectivity index (χ1v) is 6.52. The second-order valence-corrected chi connectivity index (χ2v) is 5.12. The summed E-state index contributed by atoms with van der Waals surface area (Å²) in [6.07, 6.45) is -2.55. The van der Waals surface area contributed by atoms with Gasteiger partial charge in [-0.15, -0.1) is 0 Å². The smallest absolute Gasteiger partial charge is 0.419 e. The molecule has 1 unspecified atom stereocenters. The monoisotopic (exact) mass is 289 g/mol. The average Bonchev–Trinajstić information content (AvgIpc) is 3.25. The zero-order valence-corrected chi connectivity index (χ0v) is 11.2. The van der Waals surface area contributed by atoms with Gasteiger partial charge in [-0.05, 0) is 37.9 Å². The molecular weight excluding hydrogens is 271 g/mol. The van der Waals surface area contributed by atoms with Crippen molar-refractivity contribution in [1.82, 2.24) is 5.32 Å². The molecule has 1 fully saturated rings. The Morgan fingerprint density at radius 1 is 1.30 bits per heavy atom. The van der Waals surface area contributed by atoms with Gasteiger partial charge in [0.05, 0.1) is 17.7 Å². The third-order valence-corrected chi connectivity index (χ3v) is 3.82. The van der Waals surface area contributed by atoms with Crippen LogP contribution in [0.3, 0.4) is 0 Å². The maximum Gasteiger partial charge on any atom is 0.419 e. The summed E-state index contributed by atoms with van der Waals surface area (Å²) in [6, 6.07) is 5.12. The molecule has 1 aromatic rings. The minimum Gasteiger partial charge on any atom is -0.491 e. The van der Waals surface area contributed by atoms with Gasteiger partial charge in [0.15, 0.2) is 0 Å². The number of ether oxygens (including phenoxy) is 1. The minimum atomic E-state index is -4.45. The molecule has 0 aliphatic heterocycles. The molecule has 6 heteroatoms. The lowest BCUT2D eigenvalue weighted by Gasteiger charge is -2.32. The van der Waals surface area contributed by atoms with E-state index in [0.29, 0.717) is 0 Å². The standard InChI is InChI=1S/C14H18F3NO2/c1-18-13(8-19,10-6-7-10)9-20-12-5-3-2-4-11(12)14(15,16)17/h2-5,10,18-19H,6-9H2,1H3. The summed E-state index contributed by atoms with van der Waals surface area (Å²) in [7, 11) is 1.69. The second-order valence-electron chi connectivity index (χ2n) is 5.12. The first kappa shape index (κ1) is 15.1. The topological polar surface area (TPSA) is 41.5 Å². The molecule has 1 atom stereocenters. The molecule has 0 bridgehead atoms. The van der Waals surface area contributed by atoms with E-state index in [2.05, 4.69) is 5.32 Å². The van der Waals surface area contributed by atoms with Crippen molar-refractivity contribution >= 4 is 0 Å². The van der Waals surface area contributed by atoms with Crippen LogP contribution >= 0.6 is 0 Å². The molecular formula is C14H18F3NO2. The van der Waals surface area contributed by atoms with Gasteiger partial charge >= 0.3 is 6.18 Å². The van der Waals surface area contributed by atoms with Crippen LogP contribution < -0.4 is 10.1 Å². The third kappa shape index (κ3) is 3.07. The fraction of sp³-hybridized carbons (Fsp3) is 0.571. The summed E-state index contributed by atoms with van der Waals surface area (Å²) < 4.78 is 43.9. The molecule has 0 saturated heterocycles. The Balaban J connectivity index is 2.14. The van der Waals surface area contributed by atoms with Crippen LogP contribution in [0.2, 0.25) is 0 Å². The number of halogens is 3. The van der Waals surface area contributed by atoms with E-state index in [4.69, 9.17) is 4.74 Å². The molecule has 0 amide bonds. The number of hydrogen-bond acceptors (Lipinski definition) is 3. The first-order valence-electron chi connectivity index (χ1n) is 6.52. The zero-order valence-electron chi connectivity index (χ0n) is 11.2. The van der Waals surface area contributed by atoms with E-state index in [0.717, 1.165) is 18.9 Å². The first-order chi connectivity index (χ1) is 9.43. The molecule has 1 saturated carbocycles. The van der Waals surface area contributed by atoms with Gasteiger partial charge in [0, 0.05) is 0 Å². The SMILES string of the molecule is CNC(CO)(COc1ccccc1C(F)(F)F)C1CC1. The average molecular weight is 289 g/mol. The van der Waals surface area contributed by atoms with Crippen molar-refractivity contribution < 1.29 is 23.0 Å². The van der Waals surface area contributed by atoms with Crippen LogP contribution in [0, 0.1) is 5.92 Å². The van der Waals surface area contributed by atoms with E-state index in [-0.39, 0.29) is 24.9 Å². The zero-order chi connectivity index (χ0) is 14.8. The summed E-state index contributed by atoms with van der Waals surface area (Å²) in [5.41, 5.74) is -1.46. The molecule has 0 aromatic heterocycles. The van der Waals surface area contributed by atoms with Crippen molar-refractivity contribution in [3.05, 3.63) is 29.8 Å². The van der Waals surface area contributed by atoms with Gasteiger partial charge in [-0.25, -0.2) is 0 Å². The molecule has 20 heavy (non-hydrogen) atoms. The quantitative estimate of drug-likeness (QED) is 0.845. The number of aliphatic hydroxyl groups excluding tert-OH is 1. The lowest BCUT2D eigenvalue weighted by Crippen LogP contribution is -2.53. The number of benzene rings is 1. The molecule has 1 aliphatic rings. The highest BCUT2D eigenvalue weighted by atomic mass is 19.4. The molecule has 1 aliphatic carbocycles. The highest BCUT2D eigenvalue weighted by Crippen LogP contribution is 2.41. The Kier molecular flexibility index (Phi) is 4.25. The van der Waals surface area contributed by atoms with Gasteiger partial charge in [-0.3, -0.25) is 0 Å². The van der Waals surface area contributed by atoms with Crippen LogP contribution in [-0.2, 0) is 6.18 Å². The Morgan fingerprint density at radius 2 is 1.95 bits per heavy atom. The number of alkyl halides is 3. The van der Waals surface area contributed by atoms with Crippen molar-refractivity contribution in [1.29, 1.82) is 0 Å². The third-order valence-electron chi connectivity index (χ3n) is 3.82. The largest absolute Gasteiger partial charge is 0.491 e. The van der Waals surface area contributed by atoms with E-state index in [1.165, 1.54) is 18.2 Å². The van der Waals surface area contributed by atoms with Crippen molar-refractivity contribution in [2.75, 3.05) is 20.3 Å². The van der Waals surface area contributed by atoms with Crippen molar-refractivity contribution in [2.24, 2.45) is 5.92 Å². The van der Waals surface area contributed by atoms with Crippen LogP contribution in [0.1, 0.15) is 18.4 Å². The van der Waals surface area contributed by atoms with E-state index < -0.39 is 17.3 Å². The lowest BCUT2D eigenvalue weighted by atomic mass is 9.95. The van der Waals surface area contributed by atoms with Crippen molar-refractivity contribution in [3.8, 4) is 5.75 Å². The molecule has 0 heterocycles. The van der Waals surface area contributed by atoms with Crippen LogP contribution in [0.25, 0.3) is 0 Å². The van der Waals surface area contributed by atoms with Crippen LogP contribution in [0.4, 0.5) is 13.2 Å². The Labute approximate surface area is 115 Å². The maximum atomic E-state index is 12.9. The number of para-hydroxylation sites is 1. The Hall–Kier alpha value is -1.27. The van der Waals surface area contributed by atoms with Gasteiger partial charge in [-0.1, -0.05) is 12.1 Å². The Morgan fingerprint density at radius 3 is 2.45 bits per heavy atom. The number of hydrogen-bond donors (Lipinski definition) is 2. The molecule has 112 valence electrons. The fourth-order valence-electron chi connectivity index (χ4n) is 2.32. The summed E-state index contributed by atoms with van der Waals surface area (Å²) in [5, 5.41) is 12.5. The van der Waals surface area contributed by atoms with Crippen molar-refractivity contribution in [3.63, 3.8) is 0 Å². The van der Waals surface area contributed by atoms with Gasteiger partial charge in [0.25, 0.3) is 0 Å². The van der Waals surface area contributed by atoms with E-state index >= 15 is 0 Å². The number of nitrogens with one attached hydrogen (secondary N) is 1. The minimum absolute atomic E-state index is 0.0117. The summed E-state index contributed by atoms with van der Waals surface area (Å²) in [6.45, 7) is -0.153. The van der Waals surface area contributed by atoms with Crippen LogP contribution in [-0.4, -0.2) is 30.9 Å². The second kappa shape index (κ2) is 5.61. The summed E-state index contributed by atoms with van der Waals surface area (Å²) in [4.78, 5) is 0. The molecule has 0 radical (unpaired) electrons. The predicted octanol–water partition coefficient (Wildman–Crippen LogP) is 2.44. The summed E-state index contributed by atoms with van der Waals surface area (Å²) >= 11 is 0. The molecule has 1 aromatic carbocycles. The van der Waals surface area contributed by atoms with E-state index in [1.54, 1.807) is 7.05 Å². The number of likely N-dealkylation sites (N-methyl/N-ethyl adjacent to an activating group) is 1. The molecule has 3 nitrogen and oxygen atoms in total. The normalized spacial score (nSPS) is 18.6. The molecule has 0 spiro atoms. The van der Waals surface area contributed by atoms with Crippen LogP contribution in [0.15, 0.2) is 24.3 Å². The highest BCUT2D eigenvalue weighted by molar-refractivity contribution is 5.35. The highest BCUT2D eigenvalue weighted by Gasteiger charge is 2.45. The van der Waals surface area contributed by atoms with E-state index in [9.17, 15) is 18.3 Å². The molecule has 2 rings (SSSR count). The summed E-state index contributed by atoms with van der Waals surface area (Å²) in [5.74, 6) is 0.0456. The van der Waals surface area contributed by atoms with Crippen LogP contribution in [0.5, 0.6) is 5.75 Å². The van der Waals surface area contributed by atoms with Gasteiger partial charge in [0.1, 0.15) is 12.4 Å². The maximum absolute atomic E-state index is 12.9. The predicted molar refractivity (Wildman–Crippen MR) is 68.5 cm³/mol. The number of aliphatic hydroxyl groups is 1. The fourth-order valence-corrected chi connectivity index (χ4v) is 2.32. The number of rotatable bonds is 6. The Bertz CT molecular complexity index is 454.